The number of carbonyl (C=O) groups is 1. The molecule has 2 aromatic heterocycles. The summed E-state index contributed by atoms with van der Waals surface area (Å²) in [6.45, 7) is 2.30. The average Bonchev–Trinajstić information content (AvgIpc) is 3.15. The van der Waals surface area contributed by atoms with Crippen LogP contribution >= 0.6 is 11.6 Å². The topological polar surface area (TPSA) is 59.8 Å². The van der Waals surface area contributed by atoms with Gasteiger partial charge >= 0.3 is 0 Å². The van der Waals surface area contributed by atoms with Gasteiger partial charge in [0.15, 0.2) is 5.82 Å². The first-order valence-electron chi connectivity index (χ1n) is 7.79. The van der Waals surface area contributed by atoms with Crippen LogP contribution in [0.15, 0.2) is 61.1 Å². The lowest BCUT2D eigenvalue weighted by Crippen LogP contribution is -2.21. The SMILES string of the molecule is Cc1ccc(/C=C/C(=O)NCc2cccnc2-n2cccn2)cc1Cl. The van der Waals surface area contributed by atoms with Gasteiger partial charge in [0.1, 0.15) is 0 Å². The van der Waals surface area contributed by atoms with Crippen molar-refractivity contribution in [3.63, 3.8) is 0 Å². The number of amides is 1. The summed E-state index contributed by atoms with van der Waals surface area (Å²) in [5, 5.41) is 7.72. The fourth-order valence-corrected chi connectivity index (χ4v) is 2.48. The molecule has 0 radical (unpaired) electrons. The number of aryl methyl sites for hydroxylation is 1. The van der Waals surface area contributed by atoms with Crippen LogP contribution in [0.25, 0.3) is 11.9 Å². The van der Waals surface area contributed by atoms with Crippen LogP contribution in [0, 0.1) is 6.92 Å². The summed E-state index contributed by atoms with van der Waals surface area (Å²) in [4.78, 5) is 16.4. The van der Waals surface area contributed by atoms with Gasteiger partial charge in [-0.2, -0.15) is 5.10 Å². The van der Waals surface area contributed by atoms with Gasteiger partial charge in [0.05, 0.1) is 0 Å². The van der Waals surface area contributed by atoms with Crippen molar-refractivity contribution in [2.75, 3.05) is 0 Å². The maximum atomic E-state index is 12.1. The Bertz CT molecular complexity index is 904. The molecule has 0 spiro atoms. The number of carbonyl (C=O) groups excluding carboxylic acids is 1. The Kier molecular flexibility index (Phi) is 5.26. The number of hydrogen-bond acceptors (Lipinski definition) is 3. The first-order valence-corrected chi connectivity index (χ1v) is 8.17. The maximum Gasteiger partial charge on any atom is 0.244 e. The van der Waals surface area contributed by atoms with Crippen molar-refractivity contribution < 1.29 is 4.79 Å². The summed E-state index contributed by atoms with van der Waals surface area (Å²) in [7, 11) is 0. The van der Waals surface area contributed by atoms with E-state index in [9.17, 15) is 4.79 Å². The Morgan fingerprint density at radius 1 is 1.28 bits per heavy atom. The Balaban J connectivity index is 1.65. The van der Waals surface area contributed by atoms with Crippen molar-refractivity contribution in [2.24, 2.45) is 0 Å². The van der Waals surface area contributed by atoms with Gasteiger partial charge in [-0.25, -0.2) is 9.67 Å². The van der Waals surface area contributed by atoms with Gasteiger partial charge in [-0.3, -0.25) is 4.79 Å². The Morgan fingerprint density at radius 2 is 2.16 bits per heavy atom. The maximum absolute atomic E-state index is 12.1. The van der Waals surface area contributed by atoms with E-state index in [1.165, 1.54) is 6.08 Å². The fraction of sp³-hybridized carbons (Fsp3) is 0.105. The number of rotatable bonds is 5. The molecule has 0 bridgehead atoms. The highest BCUT2D eigenvalue weighted by Crippen LogP contribution is 2.17. The van der Waals surface area contributed by atoms with E-state index in [2.05, 4.69) is 15.4 Å². The van der Waals surface area contributed by atoms with Crippen LogP contribution in [0.1, 0.15) is 16.7 Å². The summed E-state index contributed by atoms with van der Waals surface area (Å²) in [5.74, 6) is 0.508. The highest BCUT2D eigenvalue weighted by molar-refractivity contribution is 6.31. The Morgan fingerprint density at radius 3 is 2.92 bits per heavy atom. The molecule has 0 atom stereocenters. The van der Waals surface area contributed by atoms with Crippen LogP contribution in [-0.2, 0) is 11.3 Å². The molecule has 126 valence electrons. The van der Waals surface area contributed by atoms with Crippen LogP contribution in [0.3, 0.4) is 0 Å². The molecule has 0 aliphatic heterocycles. The zero-order valence-corrected chi connectivity index (χ0v) is 14.4. The molecule has 25 heavy (non-hydrogen) atoms. The van der Waals surface area contributed by atoms with E-state index in [1.54, 1.807) is 23.2 Å². The Hall–Kier alpha value is -2.92. The zero-order valence-electron chi connectivity index (χ0n) is 13.7. The number of nitrogens with one attached hydrogen (secondary N) is 1. The zero-order chi connectivity index (χ0) is 17.6. The fourth-order valence-electron chi connectivity index (χ4n) is 2.29. The van der Waals surface area contributed by atoms with E-state index in [0.29, 0.717) is 17.4 Å². The van der Waals surface area contributed by atoms with Crippen LogP contribution in [0.5, 0.6) is 0 Å². The molecule has 0 aliphatic carbocycles. The summed E-state index contributed by atoms with van der Waals surface area (Å²) >= 11 is 6.09. The molecule has 0 saturated heterocycles. The Labute approximate surface area is 151 Å². The van der Waals surface area contributed by atoms with Crippen molar-refractivity contribution >= 4 is 23.6 Å². The largest absolute Gasteiger partial charge is 0.348 e. The molecule has 1 aromatic carbocycles. The summed E-state index contributed by atoms with van der Waals surface area (Å²) in [5.41, 5.74) is 2.77. The first kappa shape index (κ1) is 16.9. The molecule has 2 heterocycles. The third-order valence-electron chi connectivity index (χ3n) is 3.67. The van der Waals surface area contributed by atoms with Gasteiger partial charge in [-0.05, 0) is 42.3 Å². The van der Waals surface area contributed by atoms with Crippen LogP contribution in [0.2, 0.25) is 5.02 Å². The van der Waals surface area contributed by atoms with E-state index in [0.717, 1.165) is 16.7 Å². The summed E-state index contributed by atoms with van der Waals surface area (Å²) in [6, 6.07) is 11.2. The van der Waals surface area contributed by atoms with Crippen LogP contribution < -0.4 is 5.32 Å². The lowest BCUT2D eigenvalue weighted by molar-refractivity contribution is -0.116. The second kappa shape index (κ2) is 7.77. The van der Waals surface area contributed by atoms with E-state index in [1.807, 2.05) is 49.5 Å². The lowest BCUT2D eigenvalue weighted by Gasteiger charge is -2.08. The van der Waals surface area contributed by atoms with E-state index < -0.39 is 0 Å². The molecule has 3 aromatic rings. The van der Waals surface area contributed by atoms with E-state index in [-0.39, 0.29) is 5.91 Å². The highest BCUT2D eigenvalue weighted by atomic mass is 35.5. The number of nitrogens with zero attached hydrogens (tertiary/aromatic N) is 3. The van der Waals surface area contributed by atoms with Gasteiger partial charge in [0.2, 0.25) is 5.91 Å². The van der Waals surface area contributed by atoms with Gasteiger partial charge in [0, 0.05) is 41.8 Å². The molecule has 0 aliphatic rings. The second-order valence-corrected chi connectivity index (χ2v) is 5.90. The van der Waals surface area contributed by atoms with Gasteiger partial charge in [0.25, 0.3) is 0 Å². The third kappa shape index (κ3) is 4.33. The number of hydrogen-bond donors (Lipinski definition) is 1. The number of halogens is 1. The van der Waals surface area contributed by atoms with Crippen molar-refractivity contribution in [1.29, 1.82) is 0 Å². The van der Waals surface area contributed by atoms with Crippen LogP contribution in [0.4, 0.5) is 0 Å². The number of benzene rings is 1. The number of aromatic nitrogens is 3. The normalized spacial score (nSPS) is 11.0. The number of pyridine rings is 1. The summed E-state index contributed by atoms with van der Waals surface area (Å²) < 4.78 is 1.67. The smallest absolute Gasteiger partial charge is 0.244 e. The predicted molar refractivity (Wildman–Crippen MR) is 98.4 cm³/mol. The van der Waals surface area contributed by atoms with Crippen molar-refractivity contribution in [2.45, 2.75) is 13.5 Å². The molecule has 1 amide bonds. The quantitative estimate of drug-likeness (QED) is 0.714. The summed E-state index contributed by atoms with van der Waals surface area (Å²) in [6.07, 6.45) is 8.42. The molecule has 5 nitrogen and oxygen atoms in total. The second-order valence-electron chi connectivity index (χ2n) is 5.50. The van der Waals surface area contributed by atoms with Crippen molar-refractivity contribution in [1.82, 2.24) is 20.1 Å². The monoisotopic (exact) mass is 352 g/mol. The predicted octanol–water partition coefficient (Wildman–Crippen LogP) is 3.56. The molecular weight excluding hydrogens is 336 g/mol. The van der Waals surface area contributed by atoms with Crippen molar-refractivity contribution in [3.8, 4) is 5.82 Å². The third-order valence-corrected chi connectivity index (χ3v) is 4.07. The minimum atomic E-state index is -0.188. The van der Waals surface area contributed by atoms with E-state index in [4.69, 9.17) is 11.6 Å². The van der Waals surface area contributed by atoms with Gasteiger partial charge in [-0.15, -0.1) is 0 Å². The molecule has 1 N–H and O–H groups in total. The molecule has 3 rings (SSSR count). The molecular formula is C19H17ClN4O. The first-order chi connectivity index (χ1) is 12.1. The van der Waals surface area contributed by atoms with Gasteiger partial charge < -0.3 is 5.32 Å². The standard InChI is InChI=1S/C19H17ClN4O/c1-14-5-6-15(12-17(14)20)7-8-18(25)22-13-16-4-2-9-21-19(16)24-11-3-10-23-24/h2-12H,13H2,1H3,(H,22,25)/b8-7+. The molecule has 0 fully saturated rings. The minimum absolute atomic E-state index is 0.188. The highest BCUT2D eigenvalue weighted by Gasteiger charge is 2.06. The molecule has 0 unspecified atom stereocenters. The van der Waals surface area contributed by atoms with E-state index >= 15 is 0 Å². The molecule has 6 heteroatoms. The lowest BCUT2D eigenvalue weighted by atomic mass is 10.1. The minimum Gasteiger partial charge on any atom is -0.348 e. The van der Waals surface area contributed by atoms with Crippen LogP contribution in [-0.4, -0.2) is 20.7 Å². The molecule has 0 saturated carbocycles. The van der Waals surface area contributed by atoms with Gasteiger partial charge in [-0.1, -0.05) is 29.8 Å². The average molecular weight is 353 g/mol. The van der Waals surface area contributed by atoms with Crippen molar-refractivity contribution in [3.05, 3.63) is 82.8 Å².